The van der Waals surface area contributed by atoms with E-state index in [-0.39, 0.29) is 23.4 Å². The van der Waals surface area contributed by atoms with Crippen molar-refractivity contribution in [3.8, 4) is 11.5 Å². The molecule has 1 heterocycles. The normalized spacial score (nSPS) is 22.4. The van der Waals surface area contributed by atoms with E-state index in [1.165, 1.54) is 55.3 Å². The number of benzene rings is 2. The van der Waals surface area contributed by atoms with Crippen molar-refractivity contribution in [2.45, 2.75) is 82.7 Å². The molecule has 1 aliphatic heterocycles. The number of nitrogens with zero attached hydrogens (tertiary/aromatic N) is 2. The monoisotopic (exact) mass is 504 g/mol. The molecule has 1 saturated heterocycles. The van der Waals surface area contributed by atoms with Gasteiger partial charge in [0.1, 0.15) is 0 Å². The minimum Gasteiger partial charge on any atom is -0.493 e. The fourth-order valence-corrected chi connectivity index (χ4v) is 7.49. The number of amides is 1. The van der Waals surface area contributed by atoms with E-state index >= 15 is 0 Å². The zero-order chi connectivity index (χ0) is 26.0. The average Bonchev–Trinajstić information content (AvgIpc) is 3.22. The Kier molecular flexibility index (Phi) is 7.80. The summed E-state index contributed by atoms with van der Waals surface area (Å²) < 4.78 is 11.5. The van der Waals surface area contributed by atoms with Gasteiger partial charge in [0.05, 0.1) is 26.3 Å². The van der Waals surface area contributed by atoms with E-state index in [0.29, 0.717) is 0 Å². The third-order valence-electron chi connectivity index (χ3n) is 9.52. The van der Waals surface area contributed by atoms with Crippen molar-refractivity contribution >= 4 is 5.91 Å². The van der Waals surface area contributed by atoms with Gasteiger partial charge in [-0.1, -0.05) is 49.6 Å². The Morgan fingerprint density at radius 1 is 1.03 bits per heavy atom. The van der Waals surface area contributed by atoms with Gasteiger partial charge < -0.3 is 19.3 Å². The SMILES string of the molecule is COc1cc2c(cc1OC)C1(CCN(CC3CCCCC3)CC1)C[C@@H]2N(C(C)=O)[C@@H](C)c1ccccc1. The van der Waals surface area contributed by atoms with Crippen molar-refractivity contribution in [3.05, 3.63) is 59.2 Å². The van der Waals surface area contributed by atoms with Crippen LogP contribution >= 0.6 is 0 Å². The molecule has 0 radical (unpaired) electrons. The van der Waals surface area contributed by atoms with E-state index in [1.807, 2.05) is 6.07 Å². The van der Waals surface area contributed by atoms with E-state index < -0.39 is 0 Å². The number of rotatable bonds is 7. The van der Waals surface area contributed by atoms with Gasteiger partial charge in [-0.15, -0.1) is 0 Å². The highest BCUT2D eigenvalue weighted by Crippen LogP contribution is 2.56. The van der Waals surface area contributed by atoms with Crippen molar-refractivity contribution in [2.24, 2.45) is 5.92 Å². The predicted molar refractivity (Wildman–Crippen MR) is 148 cm³/mol. The summed E-state index contributed by atoms with van der Waals surface area (Å²) in [4.78, 5) is 18.1. The van der Waals surface area contributed by atoms with Crippen molar-refractivity contribution in [2.75, 3.05) is 33.9 Å². The van der Waals surface area contributed by atoms with Crippen molar-refractivity contribution in [3.63, 3.8) is 0 Å². The Balaban J connectivity index is 1.46. The average molecular weight is 505 g/mol. The fraction of sp³-hybridized carbons (Fsp3) is 0.594. The zero-order valence-corrected chi connectivity index (χ0v) is 23.2. The molecule has 5 heteroatoms. The van der Waals surface area contributed by atoms with Gasteiger partial charge >= 0.3 is 0 Å². The number of piperidine rings is 1. The first-order valence-corrected chi connectivity index (χ1v) is 14.3. The maximum absolute atomic E-state index is 13.2. The van der Waals surface area contributed by atoms with Crippen LogP contribution < -0.4 is 9.47 Å². The van der Waals surface area contributed by atoms with Crippen LogP contribution in [0, 0.1) is 5.92 Å². The number of fused-ring (bicyclic) bond motifs is 2. The smallest absolute Gasteiger partial charge is 0.220 e. The quantitative estimate of drug-likeness (QED) is 0.422. The van der Waals surface area contributed by atoms with Crippen LogP contribution in [-0.2, 0) is 10.2 Å². The summed E-state index contributed by atoms with van der Waals surface area (Å²) in [6, 6.07) is 14.8. The summed E-state index contributed by atoms with van der Waals surface area (Å²) in [5.41, 5.74) is 3.82. The number of ether oxygens (including phenoxy) is 2. The first-order chi connectivity index (χ1) is 18.0. The number of hydrogen-bond donors (Lipinski definition) is 0. The van der Waals surface area contributed by atoms with Crippen LogP contribution in [0.1, 0.15) is 94.0 Å². The zero-order valence-electron chi connectivity index (χ0n) is 23.2. The second kappa shape index (κ2) is 11.1. The Bertz CT molecular complexity index is 1070. The summed E-state index contributed by atoms with van der Waals surface area (Å²) in [6.45, 7) is 7.39. The van der Waals surface area contributed by atoms with Gasteiger partial charge in [0.15, 0.2) is 11.5 Å². The van der Waals surface area contributed by atoms with Gasteiger partial charge in [-0.25, -0.2) is 0 Å². The minimum atomic E-state index is -0.00816. The molecular formula is C32H44N2O3. The summed E-state index contributed by atoms with van der Waals surface area (Å²) in [5, 5.41) is 0. The number of carbonyl (C=O) groups excluding carboxylic acids is 1. The lowest BCUT2D eigenvalue weighted by Crippen LogP contribution is -2.44. The molecule has 1 saturated carbocycles. The van der Waals surface area contributed by atoms with Crippen molar-refractivity contribution in [1.82, 2.24) is 9.80 Å². The van der Waals surface area contributed by atoms with Crippen LogP contribution in [-0.4, -0.2) is 49.6 Å². The van der Waals surface area contributed by atoms with E-state index in [2.05, 4.69) is 53.1 Å². The standard InChI is InChI=1S/C32H44N2O3/c1-23(26-13-9-6-10-14-26)34(24(2)35)29-21-32(28-20-31(37-4)30(36-3)19-27(28)29)15-17-33(18-16-32)22-25-11-7-5-8-12-25/h6,9-10,13-14,19-20,23,25,29H,5,7-8,11-12,15-18,21-22H2,1-4H3/t23-,29-/m0/s1. The highest BCUT2D eigenvalue weighted by Gasteiger charge is 2.49. The molecule has 0 unspecified atom stereocenters. The number of methoxy groups -OCH3 is 2. The van der Waals surface area contributed by atoms with Gasteiger partial charge in [0.25, 0.3) is 0 Å². The second-order valence-electron chi connectivity index (χ2n) is 11.6. The van der Waals surface area contributed by atoms with Crippen LogP contribution in [0.25, 0.3) is 0 Å². The molecule has 2 aromatic carbocycles. The lowest BCUT2D eigenvalue weighted by Gasteiger charge is -2.42. The molecular weight excluding hydrogens is 460 g/mol. The van der Waals surface area contributed by atoms with Gasteiger partial charge in [-0.05, 0) is 86.9 Å². The van der Waals surface area contributed by atoms with E-state index in [1.54, 1.807) is 21.1 Å². The topological polar surface area (TPSA) is 42.0 Å². The van der Waals surface area contributed by atoms with E-state index in [0.717, 1.165) is 49.8 Å². The van der Waals surface area contributed by atoms with Gasteiger partial charge in [0.2, 0.25) is 5.91 Å². The molecule has 0 N–H and O–H groups in total. The largest absolute Gasteiger partial charge is 0.493 e. The van der Waals surface area contributed by atoms with Gasteiger partial charge in [-0.3, -0.25) is 4.79 Å². The Morgan fingerprint density at radius 2 is 1.68 bits per heavy atom. The summed E-state index contributed by atoms with van der Waals surface area (Å²) >= 11 is 0. The Morgan fingerprint density at radius 3 is 2.30 bits per heavy atom. The molecule has 5 nitrogen and oxygen atoms in total. The minimum absolute atomic E-state index is 0.00816. The van der Waals surface area contributed by atoms with E-state index in [9.17, 15) is 4.79 Å². The molecule has 200 valence electrons. The maximum Gasteiger partial charge on any atom is 0.220 e. The van der Waals surface area contributed by atoms with Crippen LogP contribution in [0.5, 0.6) is 11.5 Å². The van der Waals surface area contributed by atoms with Gasteiger partial charge in [0, 0.05) is 18.9 Å². The molecule has 1 amide bonds. The number of hydrogen-bond acceptors (Lipinski definition) is 4. The van der Waals surface area contributed by atoms with Crippen LogP contribution in [0.2, 0.25) is 0 Å². The summed E-state index contributed by atoms with van der Waals surface area (Å²) in [6.07, 6.45) is 10.2. The predicted octanol–water partition coefficient (Wildman–Crippen LogP) is 6.67. The van der Waals surface area contributed by atoms with Crippen LogP contribution in [0.15, 0.2) is 42.5 Å². The molecule has 3 aliphatic rings. The maximum atomic E-state index is 13.2. The summed E-state index contributed by atoms with van der Waals surface area (Å²) in [5.74, 6) is 2.52. The van der Waals surface area contributed by atoms with Crippen molar-refractivity contribution in [1.29, 1.82) is 0 Å². The van der Waals surface area contributed by atoms with E-state index in [4.69, 9.17) is 9.47 Å². The fourth-order valence-electron chi connectivity index (χ4n) is 7.49. The van der Waals surface area contributed by atoms with Crippen molar-refractivity contribution < 1.29 is 14.3 Å². The lowest BCUT2D eigenvalue weighted by atomic mass is 9.73. The molecule has 1 spiro atoms. The molecule has 2 fully saturated rings. The number of likely N-dealkylation sites (tertiary alicyclic amines) is 1. The van der Waals surface area contributed by atoms with Crippen LogP contribution in [0.3, 0.4) is 0 Å². The third-order valence-corrected chi connectivity index (χ3v) is 9.52. The molecule has 5 rings (SSSR count). The van der Waals surface area contributed by atoms with Crippen LogP contribution in [0.4, 0.5) is 0 Å². The molecule has 2 aliphatic carbocycles. The molecule has 2 atom stereocenters. The highest BCUT2D eigenvalue weighted by molar-refractivity contribution is 5.75. The Hall–Kier alpha value is -2.53. The third kappa shape index (κ3) is 5.12. The summed E-state index contributed by atoms with van der Waals surface area (Å²) in [7, 11) is 3.42. The molecule has 37 heavy (non-hydrogen) atoms. The second-order valence-corrected chi connectivity index (χ2v) is 11.6. The number of carbonyl (C=O) groups is 1. The molecule has 0 bridgehead atoms. The molecule has 0 aromatic heterocycles. The Labute approximate surface area is 223 Å². The first kappa shape index (κ1) is 26.1. The lowest BCUT2D eigenvalue weighted by molar-refractivity contribution is -0.134. The molecule has 2 aromatic rings. The van der Waals surface area contributed by atoms with Gasteiger partial charge in [-0.2, -0.15) is 0 Å². The first-order valence-electron chi connectivity index (χ1n) is 14.3. The highest BCUT2D eigenvalue weighted by atomic mass is 16.5.